The van der Waals surface area contributed by atoms with Crippen LogP contribution in [0.5, 0.6) is 0 Å². The lowest BCUT2D eigenvalue weighted by Gasteiger charge is -2.24. The normalized spacial score (nSPS) is 10.5. The van der Waals surface area contributed by atoms with Crippen molar-refractivity contribution in [1.82, 2.24) is 4.90 Å². The molecule has 0 aromatic heterocycles. The number of hydrogen-bond acceptors (Lipinski definition) is 4. The first-order valence-electron chi connectivity index (χ1n) is 7.81. The topological polar surface area (TPSA) is 58.6 Å². The lowest BCUT2D eigenvalue weighted by Crippen LogP contribution is -2.39. The molecule has 0 atom stereocenters. The van der Waals surface area contributed by atoms with Crippen molar-refractivity contribution in [2.75, 3.05) is 31.3 Å². The minimum atomic E-state index is -0.279. The fourth-order valence-corrected chi connectivity index (χ4v) is 2.46. The molecule has 2 amide bonds. The van der Waals surface area contributed by atoms with Crippen molar-refractivity contribution in [1.29, 1.82) is 0 Å². The molecule has 0 aliphatic rings. The molecule has 0 saturated heterocycles. The van der Waals surface area contributed by atoms with E-state index in [1.807, 2.05) is 44.4 Å². The molecule has 0 bridgehead atoms. The Kier molecular flexibility index (Phi) is 8.55. The summed E-state index contributed by atoms with van der Waals surface area (Å²) in [5.41, 5.74) is 0.748. The zero-order chi connectivity index (χ0) is 17.2. The van der Waals surface area contributed by atoms with Gasteiger partial charge in [0, 0.05) is 23.7 Å². The van der Waals surface area contributed by atoms with E-state index in [1.54, 1.807) is 23.6 Å². The Hall–Kier alpha value is -1.69. The smallest absolute Gasteiger partial charge is 0.321 e. The van der Waals surface area contributed by atoms with Crippen molar-refractivity contribution < 1.29 is 14.3 Å². The molecule has 1 N–H and O–H groups in total. The van der Waals surface area contributed by atoms with E-state index < -0.39 is 0 Å². The van der Waals surface area contributed by atoms with Crippen molar-refractivity contribution >= 4 is 29.4 Å². The Morgan fingerprint density at radius 3 is 2.43 bits per heavy atom. The minimum absolute atomic E-state index is 0.195. The maximum Gasteiger partial charge on any atom is 0.321 e. The van der Waals surface area contributed by atoms with E-state index in [0.29, 0.717) is 25.6 Å². The molecule has 0 unspecified atom stereocenters. The number of esters is 1. The number of benzene rings is 1. The summed E-state index contributed by atoms with van der Waals surface area (Å²) in [6.45, 7) is 7.15. The zero-order valence-corrected chi connectivity index (χ0v) is 15.1. The van der Waals surface area contributed by atoms with Crippen LogP contribution in [-0.4, -0.2) is 42.9 Å². The van der Waals surface area contributed by atoms with Gasteiger partial charge in [-0.3, -0.25) is 4.79 Å². The number of anilines is 1. The molecule has 0 radical (unpaired) electrons. The summed E-state index contributed by atoms with van der Waals surface area (Å²) in [6.07, 6.45) is 2.22. The molecular formula is C17H26N2O3S. The number of carbonyl (C=O) groups is 2. The van der Waals surface area contributed by atoms with Crippen LogP contribution in [0.1, 0.15) is 27.2 Å². The van der Waals surface area contributed by atoms with E-state index in [-0.39, 0.29) is 18.4 Å². The number of rotatable bonds is 8. The molecule has 23 heavy (non-hydrogen) atoms. The number of carbonyl (C=O) groups excluding carboxylic acids is 2. The second-order valence-electron chi connectivity index (χ2n) is 5.55. The summed E-state index contributed by atoms with van der Waals surface area (Å²) in [7, 11) is 0. The van der Waals surface area contributed by atoms with Gasteiger partial charge >= 0.3 is 12.0 Å². The first-order chi connectivity index (χ1) is 11.0. The molecule has 0 aliphatic heterocycles. The van der Waals surface area contributed by atoms with E-state index >= 15 is 0 Å². The van der Waals surface area contributed by atoms with Crippen molar-refractivity contribution in [2.45, 2.75) is 32.1 Å². The average molecular weight is 338 g/mol. The molecule has 0 aliphatic carbocycles. The van der Waals surface area contributed by atoms with Crippen molar-refractivity contribution in [3.05, 3.63) is 24.3 Å². The number of amides is 2. The Morgan fingerprint density at radius 1 is 1.26 bits per heavy atom. The number of urea groups is 1. The molecular weight excluding hydrogens is 312 g/mol. The van der Waals surface area contributed by atoms with Crippen molar-refractivity contribution in [3.8, 4) is 0 Å². The standard InChI is InChI=1S/C17H26N2O3S/c1-5-22-16(20)10-11-19(12-13(2)3)17(21)18-14-6-8-15(23-4)9-7-14/h6-9,13H,5,10-12H2,1-4H3,(H,18,21). The van der Waals surface area contributed by atoms with Gasteiger partial charge in [0.25, 0.3) is 0 Å². The van der Waals surface area contributed by atoms with Gasteiger partial charge in [0.1, 0.15) is 0 Å². The van der Waals surface area contributed by atoms with Crippen LogP contribution in [0.25, 0.3) is 0 Å². The molecule has 1 rings (SSSR count). The molecule has 5 nitrogen and oxygen atoms in total. The summed E-state index contributed by atoms with van der Waals surface area (Å²) >= 11 is 1.65. The first-order valence-corrected chi connectivity index (χ1v) is 9.04. The van der Waals surface area contributed by atoms with Gasteiger partial charge in [-0.1, -0.05) is 13.8 Å². The highest BCUT2D eigenvalue weighted by molar-refractivity contribution is 7.98. The second-order valence-corrected chi connectivity index (χ2v) is 6.43. The zero-order valence-electron chi connectivity index (χ0n) is 14.3. The summed E-state index contributed by atoms with van der Waals surface area (Å²) in [6, 6.07) is 7.49. The van der Waals surface area contributed by atoms with Gasteiger partial charge < -0.3 is 15.0 Å². The maximum atomic E-state index is 12.4. The van der Waals surface area contributed by atoms with Crippen LogP contribution in [0.4, 0.5) is 10.5 Å². The molecule has 0 spiro atoms. The predicted molar refractivity (Wildman–Crippen MR) is 94.9 cm³/mol. The van der Waals surface area contributed by atoms with E-state index in [9.17, 15) is 9.59 Å². The van der Waals surface area contributed by atoms with Crippen LogP contribution >= 0.6 is 11.8 Å². The number of nitrogens with zero attached hydrogens (tertiary/aromatic N) is 1. The van der Waals surface area contributed by atoms with Gasteiger partial charge in [-0.15, -0.1) is 11.8 Å². The molecule has 1 aromatic carbocycles. The lowest BCUT2D eigenvalue weighted by molar-refractivity contribution is -0.143. The highest BCUT2D eigenvalue weighted by Gasteiger charge is 2.17. The number of thioether (sulfide) groups is 1. The highest BCUT2D eigenvalue weighted by Crippen LogP contribution is 2.18. The van der Waals surface area contributed by atoms with E-state index in [4.69, 9.17) is 4.74 Å². The Labute approximate surface area is 142 Å². The van der Waals surface area contributed by atoms with Gasteiger partial charge in [0.05, 0.1) is 13.0 Å². The third kappa shape index (κ3) is 7.41. The Bertz CT molecular complexity index is 503. The third-order valence-corrected chi connectivity index (χ3v) is 3.85. The predicted octanol–water partition coefficient (Wildman–Crippen LogP) is 3.85. The van der Waals surface area contributed by atoms with Gasteiger partial charge in [-0.2, -0.15) is 0 Å². The first kappa shape index (κ1) is 19.4. The molecule has 6 heteroatoms. The largest absolute Gasteiger partial charge is 0.466 e. The Balaban J connectivity index is 2.64. The third-order valence-electron chi connectivity index (χ3n) is 3.11. The quantitative estimate of drug-likeness (QED) is 0.578. The fraction of sp³-hybridized carbons (Fsp3) is 0.529. The highest BCUT2D eigenvalue weighted by atomic mass is 32.2. The minimum Gasteiger partial charge on any atom is -0.466 e. The maximum absolute atomic E-state index is 12.4. The van der Waals surface area contributed by atoms with Gasteiger partial charge in [-0.25, -0.2) is 4.79 Å². The molecule has 0 fully saturated rings. The monoisotopic (exact) mass is 338 g/mol. The van der Waals surface area contributed by atoms with Crippen LogP contribution in [0, 0.1) is 5.92 Å². The molecule has 0 saturated carbocycles. The van der Waals surface area contributed by atoms with Crippen LogP contribution in [0.2, 0.25) is 0 Å². The number of ether oxygens (including phenoxy) is 1. The van der Waals surface area contributed by atoms with Crippen molar-refractivity contribution in [2.24, 2.45) is 5.92 Å². The summed E-state index contributed by atoms with van der Waals surface area (Å²) in [5, 5.41) is 2.88. The summed E-state index contributed by atoms with van der Waals surface area (Å²) in [4.78, 5) is 26.7. The van der Waals surface area contributed by atoms with E-state index in [2.05, 4.69) is 5.32 Å². The average Bonchev–Trinajstić information content (AvgIpc) is 2.52. The molecule has 128 valence electrons. The van der Waals surface area contributed by atoms with E-state index in [0.717, 1.165) is 10.6 Å². The van der Waals surface area contributed by atoms with Gasteiger partial charge in [-0.05, 0) is 43.4 Å². The lowest BCUT2D eigenvalue weighted by atomic mass is 10.2. The van der Waals surface area contributed by atoms with Crippen molar-refractivity contribution in [3.63, 3.8) is 0 Å². The Morgan fingerprint density at radius 2 is 1.91 bits per heavy atom. The van der Waals surface area contributed by atoms with Gasteiger partial charge in [0.2, 0.25) is 0 Å². The van der Waals surface area contributed by atoms with Gasteiger partial charge in [0.15, 0.2) is 0 Å². The SMILES string of the molecule is CCOC(=O)CCN(CC(C)C)C(=O)Nc1ccc(SC)cc1. The van der Waals surface area contributed by atoms with Crippen LogP contribution in [-0.2, 0) is 9.53 Å². The number of hydrogen-bond donors (Lipinski definition) is 1. The summed E-state index contributed by atoms with van der Waals surface area (Å²) in [5.74, 6) is 0.0418. The van der Waals surface area contributed by atoms with E-state index in [1.165, 1.54) is 0 Å². The molecule has 1 aromatic rings. The van der Waals surface area contributed by atoms with Crippen LogP contribution in [0.3, 0.4) is 0 Å². The van der Waals surface area contributed by atoms with Crippen LogP contribution < -0.4 is 5.32 Å². The fourth-order valence-electron chi connectivity index (χ4n) is 2.05. The van der Waals surface area contributed by atoms with Crippen LogP contribution in [0.15, 0.2) is 29.2 Å². The second kappa shape index (κ2) is 10.2. The number of nitrogens with one attached hydrogen (secondary N) is 1. The summed E-state index contributed by atoms with van der Waals surface area (Å²) < 4.78 is 4.92. The molecule has 0 heterocycles.